The molecule has 0 amide bonds. The van der Waals surface area contributed by atoms with Crippen LogP contribution in [-0.4, -0.2) is 0 Å². The van der Waals surface area contributed by atoms with E-state index in [-0.39, 0.29) is 0 Å². The third-order valence-electron chi connectivity index (χ3n) is 21.9. The van der Waals surface area contributed by atoms with E-state index < -0.39 is 16.2 Å². The molecule has 0 aromatic heterocycles. The lowest BCUT2D eigenvalue weighted by Crippen LogP contribution is -2.36. The van der Waals surface area contributed by atoms with Crippen molar-refractivity contribution >= 4 is 55.7 Å². The molecule has 0 saturated heterocycles. The summed E-state index contributed by atoms with van der Waals surface area (Å²) in [7, 11) is 0. The van der Waals surface area contributed by atoms with E-state index in [1.54, 1.807) is 0 Å². The van der Waals surface area contributed by atoms with Gasteiger partial charge in [-0.15, -0.1) is 0 Å². The molecule has 0 saturated carbocycles. The molecule has 2 heterocycles. The topological polar surface area (TPSA) is 6.48 Å². The number of rotatable bonds is 3. The van der Waals surface area contributed by atoms with Crippen molar-refractivity contribution in [1.29, 1.82) is 0 Å². The zero-order chi connectivity index (χ0) is 59.3. The first-order chi connectivity index (χ1) is 45.2. The zero-order valence-corrected chi connectivity index (χ0v) is 49.6. The maximum absolute atomic E-state index is 2.61. The summed E-state index contributed by atoms with van der Waals surface area (Å²) < 4.78 is 0. The van der Waals surface area contributed by atoms with Crippen LogP contribution in [0.1, 0.15) is 66.8 Å². The Morgan fingerprint density at radius 3 is 0.725 bits per heavy atom. The van der Waals surface area contributed by atoms with E-state index in [0.29, 0.717) is 0 Å². The van der Waals surface area contributed by atoms with E-state index in [1.807, 2.05) is 0 Å². The van der Waals surface area contributed by atoms with Gasteiger partial charge < -0.3 is 9.80 Å². The summed E-state index contributed by atoms with van der Waals surface area (Å²) in [6.07, 6.45) is 0. The van der Waals surface area contributed by atoms with Crippen LogP contribution in [-0.2, 0) is 16.2 Å². The average Bonchev–Trinajstić information content (AvgIpc) is 1.65. The summed E-state index contributed by atoms with van der Waals surface area (Å²) in [5, 5.41) is 4.75. The first kappa shape index (κ1) is 49.4. The summed E-state index contributed by atoms with van der Waals surface area (Å²) in [6.45, 7) is 0. The third-order valence-corrected chi connectivity index (χ3v) is 21.9. The van der Waals surface area contributed by atoms with E-state index >= 15 is 0 Å². The first-order valence-corrected chi connectivity index (χ1v) is 32.0. The van der Waals surface area contributed by atoms with Gasteiger partial charge in [-0.2, -0.15) is 0 Å². The number of hydrogen-bond donors (Lipinski definition) is 0. The first-order valence-electron chi connectivity index (χ1n) is 32.0. The summed E-state index contributed by atoms with van der Waals surface area (Å²) in [5.41, 5.74) is 33.7. The second-order valence-corrected chi connectivity index (χ2v) is 25.5. The minimum Gasteiger partial charge on any atom is -0.309 e. The number of benzene rings is 15. The minimum absolute atomic E-state index is 0.555. The van der Waals surface area contributed by atoms with Crippen molar-refractivity contribution < 1.29 is 0 Å². The van der Waals surface area contributed by atoms with Crippen LogP contribution in [0.5, 0.6) is 0 Å². The van der Waals surface area contributed by atoms with Gasteiger partial charge in [0.05, 0.1) is 50.4 Å². The Kier molecular flexibility index (Phi) is 9.67. The lowest BCUT2D eigenvalue weighted by molar-refractivity contribution is 0.753. The van der Waals surface area contributed by atoms with Gasteiger partial charge in [-0.25, -0.2) is 0 Å². The van der Waals surface area contributed by atoms with Crippen molar-refractivity contribution in [3.8, 4) is 55.6 Å². The number of nitrogens with zero attached hydrogens (tertiary/aromatic N) is 2. The molecule has 0 bridgehead atoms. The molecule has 6 aliphatic rings. The fourth-order valence-corrected chi connectivity index (χ4v) is 18.8. The molecule has 0 fully saturated rings. The lowest BCUT2D eigenvalue weighted by Gasteiger charge is -2.45. The van der Waals surface area contributed by atoms with Crippen LogP contribution in [0.15, 0.2) is 328 Å². The molecule has 2 heteroatoms. The molecule has 420 valence electrons. The van der Waals surface area contributed by atoms with Crippen LogP contribution in [0, 0.1) is 0 Å². The Labute approximate surface area is 528 Å². The van der Waals surface area contributed by atoms with Crippen molar-refractivity contribution in [1.82, 2.24) is 0 Å². The van der Waals surface area contributed by atoms with Crippen LogP contribution in [0.3, 0.4) is 0 Å². The van der Waals surface area contributed by atoms with E-state index in [1.165, 1.54) is 167 Å². The quantitative estimate of drug-likeness (QED) is 0.163. The fourth-order valence-electron chi connectivity index (χ4n) is 18.8. The second-order valence-electron chi connectivity index (χ2n) is 25.5. The van der Waals surface area contributed by atoms with E-state index in [4.69, 9.17) is 0 Å². The molecule has 15 aromatic carbocycles. The Morgan fingerprint density at radius 2 is 0.396 bits per heavy atom. The second kappa shape index (κ2) is 17.8. The van der Waals surface area contributed by atoms with E-state index in [0.717, 1.165) is 11.4 Å². The van der Waals surface area contributed by atoms with Crippen molar-refractivity contribution in [2.75, 3.05) is 9.80 Å². The largest absolute Gasteiger partial charge is 0.309 e. The fraction of sp³-hybridized carbons (Fsp3) is 0.0337. The molecule has 2 nitrogen and oxygen atoms in total. The zero-order valence-electron chi connectivity index (χ0n) is 49.6. The number of para-hydroxylation sites is 4. The van der Waals surface area contributed by atoms with Gasteiger partial charge in [0, 0.05) is 10.8 Å². The summed E-state index contributed by atoms with van der Waals surface area (Å²) in [5.74, 6) is 0. The molecule has 4 aliphatic carbocycles. The highest BCUT2D eigenvalue weighted by Gasteiger charge is 2.56. The van der Waals surface area contributed by atoms with Crippen molar-refractivity contribution in [3.63, 3.8) is 0 Å². The standard InChI is InChI=1S/C89H54N2/c1-8-37-68-55(26-1)56-27-2-9-38-69(56)87(68)75-44-15-19-48-81(75)90(82-49-20-16-45-76(82)87)79-52-24-33-62-66(79)54-67-63(85(62)65-36-23-35-64-61-32-7-14-43-74(61)89(86(64)65)72-41-12-5-30-59(72)60-31-6-13-42-73(60)89)34-25-53-80(67)91-83-50-21-17-46-77(83)88(78-47-18-22-51-84(78)91)70-39-10-3-28-57(70)58-29-4-11-40-71(58)88/h1-54H. The van der Waals surface area contributed by atoms with Gasteiger partial charge in [-0.05, 0) is 176 Å². The lowest BCUT2D eigenvalue weighted by atomic mass is 9.64. The van der Waals surface area contributed by atoms with Crippen molar-refractivity contribution in [3.05, 3.63) is 394 Å². The number of fused-ring (bicyclic) bond motifs is 30. The predicted molar refractivity (Wildman–Crippen MR) is 374 cm³/mol. The predicted octanol–water partition coefficient (Wildman–Crippen LogP) is 22.3. The summed E-state index contributed by atoms with van der Waals surface area (Å²) in [4.78, 5) is 5.22. The molecule has 0 atom stereocenters. The van der Waals surface area contributed by atoms with E-state index in [2.05, 4.69) is 337 Å². The molecule has 3 spiro atoms. The Bertz CT molecular complexity index is 5220. The number of anilines is 6. The highest BCUT2D eigenvalue weighted by molar-refractivity contribution is 6.22. The van der Waals surface area contributed by atoms with Crippen molar-refractivity contribution in [2.24, 2.45) is 0 Å². The molecule has 0 N–H and O–H groups in total. The van der Waals surface area contributed by atoms with Gasteiger partial charge in [0.25, 0.3) is 0 Å². The minimum atomic E-state index is -0.598. The molecule has 91 heavy (non-hydrogen) atoms. The molecule has 15 aromatic rings. The summed E-state index contributed by atoms with van der Waals surface area (Å²) in [6, 6.07) is 125. The molecule has 21 rings (SSSR count). The van der Waals surface area contributed by atoms with E-state index in [9.17, 15) is 0 Å². The Balaban J connectivity index is 0.897. The summed E-state index contributed by atoms with van der Waals surface area (Å²) >= 11 is 0. The monoisotopic (exact) mass is 1150 g/mol. The SMILES string of the molecule is c1ccc2c(c1)-c1ccccc1C21c2ccccc2N(c2cccc3c(-c4cccc5c4C4(c6ccccc6-c6ccccc64)c4ccccc4-5)c4cccc(N5c6ccccc6C6(c7ccccc7-c7ccccc76)c6ccccc65)c4cc23)c2ccccc21. The van der Waals surface area contributed by atoms with Crippen LogP contribution in [0.4, 0.5) is 34.1 Å². The highest BCUT2D eigenvalue weighted by Crippen LogP contribution is 2.69. The van der Waals surface area contributed by atoms with Crippen LogP contribution in [0.2, 0.25) is 0 Å². The molecule has 0 unspecified atom stereocenters. The van der Waals surface area contributed by atoms with Crippen LogP contribution in [0.25, 0.3) is 77.2 Å². The molecule has 0 radical (unpaired) electrons. The Hall–Kier alpha value is -11.6. The number of hydrogen-bond acceptors (Lipinski definition) is 2. The van der Waals surface area contributed by atoms with Gasteiger partial charge in [-0.3, -0.25) is 0 Å². The smallest absolute Gasteiger partial charge is 0.0754 e. The van der Waals surface area contributed by atoms with Gasteiger partial charge in [0.15, 0.2) is 0 Å². The van der Waals surface area contributed by atoms with Crippen LogP contribution >= 0.6 is 0 Å². The van der Waals surface area contributed by atoms with Gasteiger partial charge in [-0.1, -0.05) is 285 Å². The van der Waals surface area contributed by atoms with Gasteiger partial charge in [0.2, 0.25) is 0 Å². The third kappa shape index (κ3) is 5.87. The van der Waals surface area contributed by atoms with Crippen molar-refractivity contribution in [2.45, 2.75) is 16.2 Å². The average molecular weight is 1150 g/mol. The van der Waals surface area contributed by atoms with Gasteiger partial charge >= 0.3 is 0 Å². The van der Waals surface area contributed by atoms with Crippen LogP contribution < -0.4 is 9.80 Å². The Morgan fingerprint density at radius 1 is 0.165 bits per heavy atom. The highest BCUT2D eigenvalue weighted by atomic mass is 15.2. The molecular formula is C89H54N2. The molecule has 2 aliphatic heterocycles. The van der Waals surface area contributed by atoms with Gasteiger partial charge in [0.1, 0.15) is 0 Å². The maximum Gasteiger partial charge on any atom is 0.0754 e. The normalized spacial score (nSPS) is 15.0. The maximum atomic E-state index is 2.61. The molecular weight excluding hydrogens is 1100 g/mol.